The minimum atomic E-state index is -3.56. The zero-order valence-corrected chi connectivity index (χ0v) is 14.3. The predicted molar refractivity (Wildman–Crippen MR) is 86.9 cm³/mol. The van der Waals surface area contributed by atoms with Crippen molar-refractivity contribution in [2.75, 3.05) is 26.2 Å². The molecular formula is C15H22ClFN2O2S. The minimum absolute atomic E-state index is 0.0894. The van der Waals surface area contributed by atoms with E-state index in [2.05, 4.69) is 16.5 Å². The molecule has 1 saturated heterocycles. The Hall–Kier alpha value is -0.690. The Morgan fingerprint density at radius 2 is 2.23 bits per heavy atom. The Labute approximate surface area is 136 Å². The number of hydrogen-bond donors (Lipinski definition) is 1. The van der Waals surface area contributed by atoms with E-state index in [4.69, 9.17) is 11.6 Å². The smallest absolute Gasteiger partial charge is 0.215 e. The summed E-state index contributed by atoms with van der Waals surface area (Å²) >= 11 is 5.78. The van der Waals surface area contributed by atoms with Gasteiger partial charge >= 0.3 is 0 Å². The van der Waals surface area contributed by atoms with Crippen LogP contribution in [-0.2, 0) is 15.8 Å². The lowest BCUT2D eigenvalue weighted by atomic mass is 10.0. The summed E-state index contributed by atoms with van der Waals surface area (Å²) in [5.41, 5.74) is 0.0894. The molecular weight excluding hydrogens is 327 g/mol. The van der Waals surface area contributed by atoms with Crippen LogP contribution in [0.15, 0.2) is 18.2 Å². The van der Waals surface area contributed by atoms with E-state index < -0.39 is 21.6 Å². The third kappa shape index (κ3) is 5.50. The highest BCUT2D eigenvalue weighted by Gasteiger charge is 2.18. The summed E-state index contributed by atoms with van der Waals surface area (Å²) in [6.07, 6.45) is 2.39. The van der Waals surface area contributed by atoms with Crippen LogP contribution in [-0.4, -0.2) is 39.5 Å². The van der Waals surface area contributed by atoms with Gasteiger partial charge in [-0.05, 0) is 43.5 Å². The molecule has 1 aliphatic rings. The summed E-state index contributed by atoms with van der Waals surface area (Å²) in [4.78, 5) is 2.26. The van der Waals surface area contributed by atoms with Gasteiger partial charge in [0.1, 0.15) is 5.82 Å². The molecule has 0 radical (unpaired) electrons. The Balaban J connectivity index is 1.84. The van der Waals surface area contributed by atoms with E-state index in [9.17, 15) is 12.8 Å². The monoisotopic (exact) mass is 348 g/mol. The SMILES string of the molecule is C[C@H]1CCCN(CCNS(=O)(=O)Cc2cc(Cl)ccc2F)C1. The van der Waals surface area contributed by atoms with Crippen LogP contribution in [0.3, 0.4) is 0 Å². The molecule has 0 saturated carbocycles. The van der Waals surface area contributed by atoms with Crippen molar-refractivity contribution in [2.24, 2.45) is 5.92 Å². The number of halogens is 2. The molecule has 1 aromatic carbocycles. The van der Waals surface area contributed by atoms with Crippen molar-refractivity contribution < 1.29 is 12.8 Å². The fourth-order valence-electron chi connectivity index (χ4n) is 2.76. The first-order valence-corrected chi connectivity index (χ1v) is 9.52. The van der Waals surface area contributed by atoms with E-state index >= 15 is 0 Å². The number of hydrogen-bond acceptors (Lipinski definition) is 3. The summed E-state index contributed by atoms with van der Waals surface area (Å²) in [7, 11) is -3.56. The van der Waals surface area contributed by atoms with Gasteiger partial charge in [-0.15, -0.1) is 0 Å². The first kappa shape index (κ1) is 17.7. The molecule has 0 spiro atoms. The number of sulfonamides is 1. The second kappa shape index (κ2) is 7.73. The van der Waals surface area contributed by atoms with Gasteiger partial charge in [-0.3, -0.25) is 0 Å². The fourth-order valence-corrected chi connectivity index (χ4v) is 4.09. The highest BCUT2D eigenvalue weighted by Crippen LogP contribution is 2.17. The summed E-state index contributed by atoms with van der Waals surface area (Å²) in [5.74, 6) is -0.291. The molecule has 1 N–H and O–H groups in total. The van der Waals surface area contributed by atoms with Gasteiger partial charge in [-0.1, -0.05) is 18.5 Å². The molecule has 1 aromatic rings. The average Bonchev–Trinajstić information content (AvgIpc) is 2.42. The number of benzene rings is 1. The molecule has 1 fully saturated rings. The third-order valence-corrected chi connectivity index (χ3v) is 5.41. The van der Waals surface area contributed by atoms with E-state index in [0.717, 1.165) is 19.5 Å². The maximum Gasteiger partial charge on any atom is 0.215 e. The predicted octanol–water partition coefficient (Wildman–Crippen LogP) is 2.63. The van der Waals surface area contributed by atoms with Gasteiger partial charge < -0.3 is 4.90 Å². The lowest BCUT2D eigenvalue weighted by Crippen LogP contribution is -2.40. The second-order valence-electron chi connectivity index (χ2n) is 5.94. The van der Waals surface area contributed by atoms with Crippen molar-refractivity contribution in [1.29, 1.82) is 0 Å². The first-order chi connectivity index (χ1) is 10.4. The molecule has 0 unspecified atom stereocenters. The van der Waals surface area contributed by atoms with Gasteiger partial charge in [-0.2, -0.15) is 0 Å². The number of nitrogens with zero attached hydrogens (tertiary/aromatic N) is 1. The highest BCUT2D eigenvalue weighted by molar-refractivity contribution is 7.88. The van der Waals surface area contributed by atoms with Crippen LogP contribution in [0.5, 0.6) is 0 Å². The van der Waals surface area contributed by atoms with Crippen molar-refractivity contribution in [3.8, 4) is 0 Å². The van der Waals surface area contributed by atoms with Crippen molar-refractivity contribution in [3.05, 3.63) is 34.6 Å². The van der Waals surface area contributed by atoms with Gasteiger partial charge in [-0.25, -0.2) is 17.5 Å². The number of rotatable bonds is 6. The molecule has 124 valence electrons. The maximum absolute atomic E-state index is 13.6. The Bertz CT molecular complexity index is 610. The summed E-state index contributed by atoms with van der Waals surface area (Å²) in [6, 6.07) is 3.93. The lowest BCUT2D eigenvalue weighted by molar-refractivity contribution is 0.187. The summed E-state index contributed by atoms with van der Waals surface area (Å²) < 4.78 is 40.2. The van der Waals surface area contributed by atoms with Crippen molar-refractivity contribution in [3.63, 3.8) is 0 Å². The minimum Gasteiger partial charge on any atom is -0.302 e. The molecule has 1 heterocycles. The van der Waals surface area contributed by atoms with Crippen LogP contribution in [0.25, 0.3) is 0 Å². The summed E-state index contributed by atoms with van der Waals surface area (Å²) in [5, 5.41) is 0.328. The molecule has 1 aliphatic heterocycles. The quantitative estimate of drug-likeness (QED) is 0.859. The van der Waals surface area contributed by atoms with Crippen LogP contribution in [0.2, 0.25) is 5.02 Å². The lowest BCUT2D eigenvalue weighted by Gasteiger charge is -2.30. The van der Waals surface area contributed by atoms with Crippen LogP contribution >= 0.6 is 11.6 Å². The van der Waals surface area contributed by atoms with Crippen molar-refractivity contribution >= 4 is 21.6 Å². The summed E-state index contributed by atoms with van der Waals surface area (Å²) in [6.45, 7) is 5.25. The van der Waals surface area contributed by atoms with Gasteiger partial charge in [0.15, 0.2) is 0 Å². The normalized spacial score (nSPS) is 20.2. The molecule has 0 bridgehead atoms. The fraction of sp³-hybridized carbons (Fsp3) is 0.600. The molecule has 0 aromatic heterocycles. The van der Waals surface area contributed by atoms with Gasteiger partial charge in [0, 0.05) is 30.2 Å². The van der Waals surface area contributed by atoms with Gasteiger partial charge in [0.25, 0.3) is 0 Å². The van der Waals surface area contributed by atoms with Gasteiger partial charge in [0.05, 0.1) is 5.75 Å². The van der Waals surface area contributed by atoms with E-state index in [0.29, 0.717) is 24.0 Å². The number of likely N-dealkylation sites (tertiary alicyclic amines) is 1. The Morgan fingerprint density at radius 3 is 2.95 bits per heavy atom. The van der Waals surface area contributed by atoms with E-state index in [-0.39, 0.29) is 5.56 Å². The van der Waals surface area contributed by atoms with Crippen LogP contribution in [0.4, 0.5) is 4.39 Å². The second-order valence-corrected chi connectivity index (χ2v) is 8.18. The largest absolute Gasteiger partial charge is 0.302 e. The van der Waals surface area contributed by atoms with Crippen LogP contribution in [0, 0.1) is 11.7 Å². The molecule has 1 atom stereocenters. The van der Waals surface area contributed by atoms with Crippen LogP contribution in [0.1, 0.15) is 25.3 Å². The number of nitrogens with one attached hydrogen (secondary N) is 1. The average molecular weight is 349 g/mol. The maximum atomic E-state index is 13.6. The molecule has 7 heteroatoms. The Morgan fingerprint density at radius 1 is 1.45 bits per heavy atom. The molecule has 0 aliphatic carbocycles. The van der Waals surface area contributed by atoms with Crippen LogP contribution < -0.4 is 4.72 Å². The van der Waals surface area contributed by atoms with Crippen molar-refractivity contribution in [1.82, 2.24) is 9.62 Å². The first-order valence-electron chi connectivity index (χ1n) is 7.49. The molecule has 0 amide bonds. The zero-order chi connectivity index (χ0) is 16.2. The third-order valence-electron chi connectivity index (χ3n) is 3.84. The molecule has 4 nitrogen and oxygen atoms in total. The highest BCUT2D eigenvalue weighted by atomic mass is 35.5. The Kier molecular flexibility index (Phi) is 6.20. The zero-order valence-electron chi connectivity index (χ0n) is 12.7. The van der Waals surface area contributed by atoms with E-state index in [1.807, 2.05) is 0 Å². The number of piperidine rings is 1. The molecule has 22 heavy (non-hydrogen) atoms. The topological polar surface area (TPSA) is 49.4 Å². The van der Waals surface area contributed by atoms with Crippen molar-refractivity contribution in [2.45, 2.75) is 25.5 Å². The molecule has 2 rings (SSSR count). The van der Waals surface area contributed by atoms with E-state index in [1.54, 1.807) is 0 Å². The van der Waals surface area contributed by atoms with E-state index in [1.165, 1.54) is 24.6 Å². The van der Waals surface area contributed by atoms with Gasteiger partial charge in [0.2, 0.25) is 10.0 Å². The standard InChI is InChI=1S/C15H22ClFN2O2S/c1-12-3-2-7-19(10-12)8-6-18-22(20,21)11-13-9-14(16)4-5-15(13)17/h4-5,9,12,18H,2-3,6-8,10-11H2,1H3/t12-/m0/s1.